The Balaban J connectivity index is 2.58. The fourth-order valence-electron chi connectivity index (χ4n) is 1.24. The molecule has 5 nitrogen and oxygen atoms in total. The summed E-state index contributed by atoms with van der Waals surface area (Å²) < 4.78 is 0. The minimum Gasteiger partial charge on any atom is -0.395 e. The molecule has 2 N–H and O–H groups in total. The van der Waals surface area contributed by atoms with Crippen LogP contribution in [0.5, 0.6) is 0 Å². The second kappa shape index (κ2) is 6.40. The third-order valence-corrected chi connectivity index (χ3v) is 2.09. The molecular weight excluding hydrogens is 220 g/mol. The summed E-state index contributed by atoms with van der Waals surface area (Å²) >= 11 is 0. The maximum Gasteiger partial charge on any atom is 0.227 e. The standard InChI is InChI=1S/C12H12N2O3/c13-8-9-1-3-10(4-2-9)11(16)7-12(17)14-5-6-15/h1-4,15H,5-7H2,(H,14,17). The smallest absolute Gasteiger partial charge is 0.227 e. The summed E-state index contributed by atoms with van der Waals surface area (Å²) in [6.07, 6.45) is -0.258. The Kier molecular flexibility index (Phi) is 4.85. The summed E-state index contributed by atoms with van der Waals surface area (Å²) in [6.45, 7) is -0.0176. The van der Waals surface area contributed by atoms with Gasteiger partial charge in [-0.1, -0.05) is 12.1 Å². The van der Waals surface area contributed by atoms with E-state index in [9.17, 15) is 9.59 Å². The first kappa shape index (κ1) is 12.9. The number of Topliss-reactive ketones (excluding diaryl/α,β-unsaturated/α-hetero) is 1. The van der Waals surface area contributed by atoms with Gasteiger partial charge in [-0.25, -0.2) is 0 Å². The van der Waals surface area contributed by atoms with Crippen molar-refractivity contribution < 1.29 is 14.7 Å². The molecule has 0 unspecified atom stereocenters. The predicted molar refractivity (Wildman–Crippen MR) is 60.2 cm³/mol. The van der Waals surface area contributed by atoms with E-state index in [0.29, 0.717) is 11.1 Å². The number of amides is 1. The molecule has 88 valence electrons. The Hall–Kier alpha value is -2.19. The number of aliphatic hydroxyl groups is 1. The molecule has 1 aromatic carbocycles. The van der Waals surface area contributed by atoms with Crippen LogP contribution in [0.3, 0.4) is 0 Å². The number of nitriles is 1. The minimum atomic E-state index is -0.423. The van der Waals surface area contributed by atoms with Crippen molar-refractivity contribution in [3.8, 4) is 6.07 Å². The lowest BCUT2D eigenvalue weighted by molar-refractivity contribution is -0.120. The molecule has 1 aromatic rings. The Morgan fingerprint density at radius 1 is 1.29 bits per heavy atom. The molecule has 0 aliphatic carbocycles. The van der Waals surface area contributed by atoms with Crippen molar-refractivity contribution in [2.24, 2.45) is 0 Å². The maximum atomic E-state index is 11.6. The van der Waals surface area contributed by atoms with Crippen LogP contribution >= 0.6 is 0 Å². The van der Waals surface area contributed by atoms with E-state index in [0.717, 1.165) is 0 Å². The molecule has 1 amide bonds. The van der Waals surface area contributed by atoms with Crippen LogP contribution < -0.4 is 5.32 Å². The number of aliphatic hydroxyl groups excluding tert-OH is 1. The molecule has 0 bridgehead atoms. The first-order valence-corrected chi connectivity index (χ1v) is 5.08. The van der Waals surface area contributed by atoms with Crippen LogP contribution in [-0.4, -0.2) is 29.9 Å². The topological polar surface area (TPSA) is 90.2 Å². The van der Waals surface area contributed by atoms with Gasteiger partial charge in [-0.2, -0.15) is 5.26 Å². The molecule has 0 aliphatic heterocycles. The van der Waals surface area contributed by atoms with Crippen molar-refractivity contribution in [1.29, 1.82) is 5.26 Å². The summed E-state index contributed by atoms with van der Waals surface area (Å²) in [6, 6.07) is 8.02. The number of ketones is 1. The average molecular weight is 232 g/mol. The number of nitrogens with zero attached hydrogens (tertiary/aromatic N) is 1. The molecule has 1 rings (SSSR count). The number of benzene rings is 1. The van der Waals surface area contributed by atoms with E-state index in [1.54, 1.807) is 0 Å². The quantitative estimate of drug-likeness (QED) is 0.562. The zero-order chi connectivity index (χ0) is 12.7. The third-order valence-electron chi connectivity index (χ3n) is 2.09. The van der Waals surface area contributed by atoms with Gasteiger partial charge in [0.2, 0.25) is 5.91 Å². The van der Waals surface area contributed by atoms with Gasteiger partial charge >= 0.3 is 0 Å². The maximum absolute atomic E-state index is 11.6. The highest BCUT2D eigenvalue weighted by Crippen LogP contribution is 2.06. The van der Waals surface area contributed by atoms with Gasteiger partial charge in [0, 0.05) is 12.1 Å². The van der Waals surface area contributed by atoms with Gasteiger partial charge in [0.25, 0.3) is 0 Å². The lowest BCUT2D eigenvalue weighted by Crippen LogP contribution is -2.28. The van der Waals surface area contributed by atoms with Crippen LogP contribution in [-0.2, 0) is 4.79 Å². The fourth-order valence-corrected chi connectivity index (χ4v) is 1.24. The Bertz CT molecular complexity index is 446. The molecule has 5 heteroatoms. The highest BCUT2D eigenvalue weighted by molar-refractivity contribution is 6.07. The average Bonchev–Trinajstić information content (AvgIpc) is 2.36. The van der Waals surface area contributed by atoms with E-state index in [4.69, 9.17) is 10.4 Å². The third kappa shape index (κ3) is 4.05. The largest absolute Gasteiger partial charge is 0.395 e. The van der Waals surface area contributed by atoms with E-state index in [2.05, 4.69) is 5.32 Å². The highest BCUT2D eigenvalue weighted by Gasteiger charge is 2.11. The van der Waals surface area contributed by atoms with Crippen LogP contribution in [0.4, 0.5) is 0 Å². The molecule has 0 atom stereocenters. The summed E-state index contributed by atoms with van der Waals surface area (Å²) in [4.78, 5) is 22.8. The molecule has 0 saturated heterocycles. The van der Waals surface area contributed by atoms with Crippen LogP contribution in [0, 0.1) is 11.3 Å². The first-order chi connectivity index (χ1) is 8.17. The van der Waals surface area contributed by atoms with E-state index >= 15 is 0 Å². The van der Waals surface area contributed by atoms with E-state index in [1.165, 1.54) is 24.3 Å². The molecule has 0 aromatic heterocycles. The van der Waals surface area contributed by atoms with E-state index in [-0.39, 0.29) is 25.4 Å². The summed E-state index contributed by atoms with van der Waals surface area (Å²) in [5, 5.41) is 19.5. The Morgan fingerprint density at radius 2 is 1.94 bits per heavy atom. The molecule has 0 aliphatic rings. The number of carbonyl (C=O) groups excluding carboxylic acids is 2. The van der Waals surface area contributed by atoms with Crippen LogP contribution in [0.25, 0.3) is 0 Å². The van der Waals surface area contributed by atoms with Gasteiger partial charge in [-0.15, -0.1) is 0 Å². The monoisotopic (exact) mass is 232 g/mol. The van der Waals surface area contributed by atoms with Crippen LogP contribution in [0.15, 0.2) is 24.3 Å². The highest BCUT2D eigenvalue weighted by atomic mass is 16.3. The molecule has 0 spiro atoms. The van der Waals surface area contributed by atoms with Crippen LogP contribution in [0.1, 0.15) is 22.3 Å². The Morgan fingerprint density at radius 3 is 2.47 bits per heavy atom. The molecule has 17 heavy (non-hydrogen) atoms. The first-order valence-electron chi connectivity index (χ1n) is 5.08. The summed E-state index contributed by atoms with van der Waals surface area (Å²) in [5.74, 6) is -0.738. The number of carbonyl (C=O) groups is 2. The second-order valence-corrected chi connectivity index (χ2v) is 3.36. The van der Waals surface area contributed by atoms with Gasteiger partial charge in [0.1, 0.15) is 0 Å². The molecule has 0 radical (unpaired) electrons. The van der Waals surface area contributed by atoms with E-state index in [1.807, 2.05) is 6.07 Å². The van der Waals surface area contributed by atoms with Gasteiger partial charge in [-0.05, 0) is 12.1 Å². The zero-order valence-electron chi connectivity index (χ0n) is 9.14. The van der Waals surface area contributed by atoms with Crippen molar-refractivity contribution in [3.63, 3.8) is 0 Å². The Labute approximate surface area is 98.7 Å². The van der Waals surface area contributed by atoms with Gasteiger partial charge in [-0.3, -0.25) is 9.59 Å². The summed E-state index contributed by atoms with van der Waals surface area (Å²) in [7, 11) is 0. The predicted octanol–water partition coefficient (Wildman–Crippen LogP) is 0.240. The zero-order valence-corrected chi connectivity index (χ0v) is 9.14. The SMILES string of the molecule is N#Cc1ccc(C(=O)CC(=O)NCCO)cc1. The van der Waals surface area contributed by atoms with Crippen molar-refractivity contribution in [1.82, 2.24) is 5.32 Å². The normalized spacial score (nSPS) is 9.41. The molecule has 0 heterocycles. The molecule has 0 saturated carbocycles. The second-order valence-electron chi connectivity index (χ2n) is 3.36. The van der Waals surface area contributed by atoms with Gasteiger partial charge < -0.3 is 10.4 Å². The fraction of sp³-hybridized carbons (Fsp3) is 0.250. The van der Waals surface area contributed by atoms with Gasteiger partial charge in [0.15, 0.2) is 5.78 Å². The lowest BCUT2D eigenvalue weighted by atomic mass is 10.1. The number of hydrogen-bond acceptors (Lipinski definition) is 4. The van der Waals surface area contributed by atoms with Gasteiger partial charge in [0.05, 0.1) is 24.7 Å². The minimum absolute atomic E-state index is 0.138. The summed E-state index contributed by atoms with van der Waals surface area (Å²) in [5.41, 5.74) is 0.856. The number of nitrogens with one attached hydrogen (secondary N) is 1. The number of hydrogen-bond donors (Lipinski definition) is 2. The van der Waals surface area contributed by atoms with E-state index < -0.39 is 5.91 Å². The van der Waals surface area contributed by atoms with Crippen molar-refractivity contribution in [2.45, 2.75) is 6.42 Å². The molecule has 0 fully saturated rings. The number of rotatable bonds is 5. The van der Waals surface area contributed by atoms with Crippen LogP contribution in [0.2, 0.25) is 0 Å². The molecular formula is C12H12N2O3. The van der Waals surface area contributed by atoms with Crippen molar-refractivity contribution in [2.75, 3.05) is 13.2 Å². The lowest BCUT2D eigenvalue weighted by Gasteiger charge is -2.02. The van der Waals surface area contributed by atoms with Crippen molar-refractivity contribution in [3.05, 3.63) is 35.4 Å². The van der Waals surface area contributed by atoms with Crippen molar-refractivity contribution >= 4 is 11.7 Å².